The topological polar surface area (TPSA) is 64.5 Å². The van der Waals surface area contributed by atoms with E-state index in [-0.39, 0.29) is 23.2 Å². The van der Waals surface area contributed by atoms with Crippen LogP contribution in [0.15, 0.2) is 12.3 Å². The van der Waals surface area contributed by atoms with Crippen LogP contribution in [0.25, 0.3) is 0 Å². The number of aryl methyl sites for hydroxylation is 1. The van der Waals surface area contributed by atoms with Gasteiger partial charge in [-0.3, -0.25) is 4.68 Å². The third-order valence-electron chi connectivity index (χ3n) is 3.26. The van der Waals surface area contributed by atoms with Gasteiger partial charge in [0.05, 0.1) is 17.2 Å². The highest BCUT2D eigenvalue weighted by molar-refractivity contribution is 7.91. The van der Waals surface area contributed by atoms with Gasteiger partial charge in [-0.1, -0.05) is 0 Å². The quantitative estimate of drug-likeness (QED) is 0.626. The number of nitrogens with zero attached hydrogens (tertiary/aromatic N) is 2. The molecule has 2 saturated heterocycles. The molecule has 0 aliphatic carbocycles. The third kappa shape index (κ3) is 1.24. The van der Waals surface area contributed by atoms with Gasteiger partial charge in [-0.05, 0) is 12.5 Å². The molecule has 0 bridgehead atoms. The molecule has 5 nitrogen and oxygen atoms in total. The smallest absolute Gasteiger partial charge is 0.153 e. The number of aromatic nitrogens is 2. The Labute approximate surface area is 88.0 Å². The average molecular weight is 228 g/mol. The summed E-state index contributed by atoms with van der Waals surface area (Å²) in [6, 6.07) is 1.90. The van der Waals surface area contributed by atoms with E-state index in [1.165, 1.54) is 0 Å². The van der Waals surface area contributed by atoms with E-state index >= 15 is 0 Å². The van der Waals surface area contributed by atoms with Crippen molar-refractivity contribution < 1.29 is 13.2 Å². The van der Waals surface area contributed by atoms with Gasteiger partial charge in [0, 0.05) is 13.2 Å². The van der Waals surface area contributed by atoms with Crippen LogP contribution in [0.2, 0.25) is 0 Å². The van der Waals surface area contributed by atoms with Gasteiger partial charge in [-0.2, -0.15) is 5.10 Å². The van der Waals surface area contributed by atoms with Crippen LogP contribution in [-0.2, 0) is 27.2 Å². The Morgan fingerprint density at radius 2 is 2.47 bits per heavy atom. The van der Waals surface area contributed by atoms with Crippen molar-refractivity contribution in [3.63, 3.8) is 0 Å². The van der Waals surface area contributed by atoms with Crippen molar-refractivity contribution in [2.45, 2.75) is 18.1 Å². The van der Waals surface area contributed by atoms with E-state index < -0.39 is 9.84 Å². The summed E-state index contributed by atoms with van der Waals surface area (Å²) in [5.74, 6) is 0.368. The molecule has 0 amide bonds. The number of fused-ring (bicyclic) bond motifs is 1. The molecule has 3 heterocycles. The lowest BCUT2D eigenvalue weighted by molar-refractivity contribution is 0.284. The molecule has 2 aliphatic rings. The molecule has 0 saturated carbocycles. The van der Waals surface area contributed by atoms with Crippen molar-refractivity contribution >= 4 is 9.84 Å². The molecule has 6 heteroatoms. The Morgan fingerprint density at radius 3 is 3.07 bits per heavy atom. The molecule has 0 unspecified atom stereocenters. The Hall–Kier alpha value is -0.880. The molecule has 0 radical (unpaired) electrons. The van der Waals surface area contributed by atoms with Crippen LogP contribution >= 0.6 is 0 Å². The molecule has 0 N–H and O–H groups in total. The third-order valence-corrected chi connectivity index (χ3v) is 4.90. The largest absolute Gasteiger partial charge is 0.358 e. The zero-order valence-electron chi connectivity index (χ0n) is 8.38. The second kappa shape index (κ2) is 2.62. The SMILES string of the molecule is Cn1nccc1[C@@]12CCS(=O)(=O)C[C@@H]1O2. The first-order valence-electron chi connectivity index (χ1n) is 4.90. The van der Waals surface area contributed by atoms with Gasteiger partial charge in [0.25, 0.3) is 0 Å². The van der Waals surface area contributed by atoms with E-state index in [9.17, 15) is 8.42 Å². The summed E-state index contributed by atoms with van der Waals surface area (Å²) in [6.07, 6.45) is 2.11. The minimum atomic E-state index is -2.89. The second-order valence-electron chi connectivity index (χ2n) is 4.20. The number of rotatable bonds is 1. The second-order valence-corrected chi connectivity index (χ2v) is 6.43. The predicted molar refractivity (Wildman–Crippen MR) is 53.0 cm³/mol. The summed E-state index contributed by atoms with van der Waals surface area (Å²) < 4.78 is 30.1. The van der Waals surface area contributed by atoms with Crippen LogP contribution in [0.5, 0.6) is 0 Å². The number of hydrogen-bond donors (Lipinski definition) is 0. The summed E-state index contributed by atoms with van der Waals surface area (Å²) >= 11 is 0. The Kier molecular flexibility index (Phi) is 1.63. The summed E-state index contributed by atoms with van der Waals surface area (Å²) in [5, 5.41) is 4.09. The maximum Gasteiger partial charge on any atom is 0.153 e. The van der Waals surface area contributed by atoms with E-state index in [0.717, 1.165) is 5.69 Å². The van der Waals surface area contributed by atoms with Crippen molar-refractivity contribution in [1.29, 1.82) is 0 Å². The highest BCUT2D eigenvalue weighted by Crippen LogP contribution is 2.52. The summed E-state index contributed by atoms with van der Waals surface area (Å²) in [4.78, 5) is 0. The minimum absolute atomic E-state index is 0.151. The molecule has 1 aromatic rings. The lowest BCUT2D eigenvalue weighted by Crippen LogP contribution is -2.31. The summed E-state index contributed by atoms with van der Waals surface area (Å²) in [6.45, 7) is 0. The number of hydrogen-bond acceptors (Lipinski definition) is 4. The normalized spacial score (nSPS) is 37.3. The predicted octanol–water partition coefficient (Wildman–Crippen LogP) is -0.167. The summed E-state index contributed by atoms with van der Waals surface area (Å²) in [5.41, 5.74) is 0.624. The fraction of sp³-hybridized carbons (Fsp3) is 0.667. The van der Waals surface area contributed by atoms with E-state index in [0.29, 0.717) is 6.42 Å². The monoisotopic (exact) mass is 228 g/mol. The van der Waals surface area contributed by atoms with Crippen molar-refractivity contribution in [2.24, 2.45) is 7.05 Å². The minimum Gasteiger partial charge on any atom is -0.358 e. The fourth-order valence-electron chi connectivity index (χ4n) is 2.37. The first kappa shape index (κ1) is 9.35. The van der Waals surface area contributed by atoms with Gasteiger partial charge in [-0.25, -0.2) is 8.42 Å². The molecule has 0 spiro atoms. The molecule has 3 rings (SSSR count). The van der Waals surface area contributed by atoms with Crippen LogP contribution in [0.4, 0.5) is 0 Å². The maximum absolute atomic E-state index is 11.4. The molecule has 82 valence electrons. The van der Waals surface area contributed by atoms with Gasteiger partial charge in [0.1, 0.15) is 11.7 Å². The van der Waals surface area contributed by atoms with Gasteiger partial charge < -0.3 is 4.74 Å². The standard InChI is InChI=1S/C9H12N2O3S/c1-11-7(2-4-10-11)9-3-5-15(12,13)6-8(9)14-9/h2,4,8H,3,5-6H2,1H3/t8-,9-/m0/s1. The van der Waals surface area contributed by atoms with E-state index in [1.807, 2.05) is 13.1 Å². The van der Waals surface area contributed by atoms with Gasteiger partial charge in [0.2, 0.25) is 0 Å². The number of epoxide rings is 1. The van der Waals surface area contributed by atoms with Gasteiger partial charge in [0.15, 0.2) is 9.84 Å². The molecule has 1 aromatic heterocycles. The Morgan fingerprint density at radius 1 is 1.67 bits per heavy atom. The molecular weight excluding hydrogens is 216 g/mol. The highest BCUT2D eigenvalue weighted by atomic mass is 32.2. The van der Waals surface area contributed by atoms with Crippen LogP contribution in [-0.4, -0.2) is 35.8 Å². The molecule has 15 heavy (non-hydrogen) atoms. The van der Waals surface area contributed by atoms with Crippen molar-refractivity contribution in [3.8, 4) is 0 Å². The van der Waals surface area contributed by atoms with Gasteiger partial charge in [-0.15, -0.1) is 0 Å². The van der Waals surface area contributed by atoms with E-state index in [2.05, 4.69) is 5.10 Å². The molecule has 2 aliphatic heterocycles. The van der Waals surface area contributed by atoms with Crippen LogP contribution in [0.3, 0.4) is 0 Å². The fourth-order valence-corrected chi connectivity index (χ4v) is 3.95. The van der Waals surface area contributed by atoms with Crippen LogP contribution in [0.1, 0.15) is 12.1 Å². The van der Waals surface area contributed by atoms with E-state index in [4.69, 9.17) is 4.74 Å². The Balaban J connectivity index is 1.96. The van der Waals surface area contributed by atoms with Crippen molar-refractivity contribution in [1.82, 2.24) is 9.78 Å². The van der Waals surface area contributed by atoms with Crippen LogP contribution in [0, 0.1) is 0 Å². The zero-order valence-corrected chi connectivity index (χ0v) is 9.20. The van der Waals surface area contributed by atoms with Crippen molar-refractivity contribution in [3.05, 3.63) is 18.0 Å². The zero-order chi connectivity index (χ0) is 10.7. The number of ether oxygens (including phenoxy) is 1. The maximum atomic E-state index is 11.4. The average Bonchev–Trinajstić information content (AvgIpc) is 2.68. The highest BCUT2D eigenvalue weighted by Gasteiger charge is 2.63. The van der Waals surface area contributed by atoms with Crippen LogP contribution < -0.4 is 0 Å². The molecule has 2 fully saturated rings. The van der Waals surface area contributed by atoms with E-state index in [1.54, 1.807) is 10.9 Å². The lowest BCUT2D eigenvalue weighted by atomic mass is 9.98. The lowest BCUT2D eigenvalue weighted by Gasteiger charge is -2.17. The first-order chi connectivity index (χ1) is 7.04. The molecule has 0 aromatic carbocycles. The Bertz CT molecular complexity index is 507. The van der Waals surface area contributed by atoms with Gasteiger partial charge >= 0.3 is 0 Å². The number of sulfone groups is 1. The molecular formula is C9H12N2O3S. The summed E-state index contributed by atoms with van der Waals surface area (Å²) in [7, 11) is -1.03. The van der Waals surface area contributed by atoms with Crippen molar-refractivity contribution in [2.75, 3.05) is 11.5 Å². The first-order valence-corrected chi connectivity index (χ1v) is 6.72. The molecule has 2 atom stereocenters.